The molecule has 2 nitrogen and oxygen atoms in total. The van der Waals surface area contributed by atoms with Crippen LogP contribution in [0, 0.1) is 12.8 Å². The zero-order chi connectivity index (χ0) is 15.5. The maximum atomic E-state index is 3.57. The molecule has 0 aliphatic heterocycles. The van der Waals surface area contributed by atoms with Gasteiger partial charge in [-0.05, 0) is 69.7 Å². The van der Waals surface area contributed by atoms with Crippen LogP contribution in [0.25, 0.3) is 0 Å². The molecule has 2 rings (SSSR count). The summed E-state index contributed by atoms with van der Waals surface area (Å²) in [4.78, 5) is 2.43. The summed E-state index contributed by atoms with van der Waals surface area (Å²) < 4.78 is 0. The number of rotatable bonds is 5. The molecule has 1 N–H and O–H groups in total. The van der Waals surface area contributed by atoms with Crippen molar-refractivity contribution in [3.05, 3.63) is 29.3 Å². The second-order valence-electron chi connectivity index (χ2n) is 7.75. The van der Waals surface area contributed by atoms with E-state index in [9.17, 15) is 0 Å². The molecule has 0 spiro atoms. The van der Waals surface area contributed by atoms with Gasteiger partial charge in [-0.2, -0.15) is 0 Å². The number of hydrogen-bond acceptors (Lipinski definition) is 2. The molecule has 0 amide bonds. The lowest BCUT2D eigenvalue weighted by atomic mass is 10.0. The van der Waals surface area contributed by atoms with E-state index in [-0.39, 0.29) is 5.54 Å². The van der Waals surface area contributed by atoms with Gasteiger partial charge >= 0.3 is 0 Å². The maximum Gasteiger partial charge on any atom is 0.0366 e. The molecule has 21 heavy (non-hydrogen) atoms. The third-order valence-electron chi connectivity index (χ3n) is 4.58. The average Bonchev–Trinajstić information content (AvgIpc) is 2.89. The van der Waals surface area contributed by atoms with Gasteiger partial charge in [0.2, 0.25) is 0 Å². The fourth-order valence-electron chi connectivity index (χ4n) is 3.16. The van der Waals surface area contributed by atoms with Gasteiger partial charge in [-0.1, -0.05) is 18.9 Å². The third-order valence-corrected chi connectivity index (χ3v) is 4.58. The van der Waals surface area contributed by atoms with Crippen LogP contribution >= 0.6 is 0 Å². The fourth-order valence-corrected chi connectivity index (χ4v) is 3.16. The van der Waals surface area contributed by atoms with Gasteiger partial charge in [-0.25, -0.2) is 0 Å². The van der Waals surface area contributed by atoms with E-state index in [1.165, 1.54) is 49.0 Å². The Labute approximate surface area is 130 Å². The van der Waals surface area contributed by atoms with Crippen molar-refractivity contribution in [2.24, 2.45) is 5.92 Å². The van der Waals surface area contributed by atoms with E-state index in [2.05, 4.69) is 63.2 Å². The summed E-state index contributed by atoms with van der Waals surface area (Å²) in [6.07, 6.45) is 5.68. The first-order chi connectivity index (χ1) is 9.85. The molecule has 1 saturated carbocycles. The normalized spacial score (nSPS) is 16.4. The lowest BCUT2D eigenvalue weighted by molar-refractivity contribution is 0.424. The molecule has 1 aromatic rings. The van der Waals surface area contributed by atoms with Crippen molar-refractivity contribution in [3.63, 3.8) is 0 Å². The second-order valence-corrected chi connectivity index (χ2v) is 7.75. The minimum Gasteiger partial charge on any atom is -0.374 e. The van der Waals surface area contributed by atoms with Crippen LogP contribution in [0.5, 0.6) is 0 Å². The molecule has 2 heteroatoms. The predicted molar refractivity (Wildman–Crippen MR) is 93.0 cm³/mol. The van der Waals surface area contributed by atoms with Crippen molar-refractivity contribution in [2.75, 3.05) is 18.5 Å². The standard InChI is InChI=1S/C19H32N2/c1-15-12-18(21(5)14-16-8-6-7-9-16)11-10-17(15)13-20-19(2,3)4/h10-12,16,20H,6-9,13-14H2,1-5H3. The molecule has 1 aromatic carbocycles. The van der Waals surface area contributed by atoms with Crippen molar-refractivity contribution < 1.29 is 0 Å². The Morgan fingerprint density at radius 2 is 1.86 bits per heavy atom. The molecular formula is C19H32N2. The maximum absolute atomic E-state index is 3.57. The molecule has 0 aromatic heterocycles. The summed E-state index contributed by atoms with van der Waals surface area (Å²) >= 11 is 0. The van der Waals surface area contributed by atoms with E-state index < -0.39 is 0 Å². The van der Waals surface area contributed by atoms with Gasteiger partial charge < -0.3 is 10.2 Å². The molecule has 1 aliphatic carbocycles. The van der Waals surface area contributed by atoms with Gasteiger partial charge in [0.1, 0.15) is 0 Å². The van der Waals surface area contributed by atoms with E-state index in [0.717, 1.165) is 12.5 Å². The highest BCUT2D eigenvalue weighted by molar-refractivity contribution is 5.50. The minimum atomic E-state index is 0.171. The van der Waals surface area contributed by atoms with E-state index in [1.807, 2.05) is 0 Å². The van der Waals surface area contributed by atoms with Crippen molar-refractivity contribution in [3.8, 4) is 0 Å². The Morgan fingerprint density at radius 1 is 1.19 bits per heavy atom. The molecule has 0 saturated heterocycles. The van der Waals surface area contributed by atoms with Gasteiger partial charge in [0.15, 0.2) is 0 Å². The average molecular weight is 288 g/mol. The summed E-state index contributed by atoms with van der Waals surface area (Å²) in [5.41, 5.74) is 4.33. The topological polar surface area (TPSA) is 15.3 Å². The molecule has 0 bridgehead atoms. The van der Waals surface area contributed by atoms with Gasteiger partial charge in [0.25, 0.3) is 0 Å². The van der Waals surface area contributed by atoms with E-state index in [4.69, 9.17) is 0 Å². The molecule has 118 valence electrons. The number of aryl methyl sites for hydroxylation is 1. The highest BCUT2D eigenvalue weighted by Gasteiger charge is 2.17. The van der Waals surface area contributed by atoms with E-state index in [0.29, 0.717) is 0 Å². The quantitative estimate of drug-likeness (QED) is 0.857. The Hall–Kier alpha value is -1.02. The van der Waals surface area contributed by atoms with Crippen molar-refractivity contribution in [2.45, 2.75) is 65.5 Å². The zero-order valence-corrected chi connectivity index (χ0v) is 14.5. The molecular weight excluding hydrogens is 256 g/mol. The lowest BCUT2D eigenvalue weighted by Crippen LogP contribution is -2.35. The lowest BCUT2D eigenvalue weighted by Gasteiger charge is -2.25. The number of benzene rings is 1. The zero-order valence-electron chi connectivity index (χ0n) is 14.5. The summed E-state index contributed by atoms with van der Waals surface area (Å²) in [6, 6.07) is 6.91. The van der Waals surface area contributed by atoms with Crippen LogP contribution in [-0.4, -0.2) is 19.1 Å². The molecule has 0 heterocycles. The SMILES string of the molecule is Cc1cc(N(C)CC2CCCC2)ccc1CNC(C)(C)C. The first-order valence-corrected chi connectivity index (χ1v) is 8.41. The van der Waals surface area contributed by atoms with Crippen LogP contribution in [-0.2, 0) is 6.54 Å². The predicted octanol–water partition coefficient (Wildman–Crippen LogP) is 4.51. The number of hydrogen-bond donors (Lipinski definition) is 1. The first-order valence-electron chi connectivity index (χ1n) is 8.41. The van der Waals surface area contributed by atoms with Crippen LogP contribution in [0.15, 0.2) is 18.2 Å². The van der Waals surface area contributed by atoms with Gasteiger partial charge in [0, 0.05) is 31.4 Å². The van der Waals surface area contributed by atoms with Crippen LogP contribution in [0.4, 0.5) is 5.69 Å². The van der Waals surface area contributed by atoms with Crippen molar-refractivity contribution in [1.29, 1.82) is 0 Å². The summed E-state index contributed by atoms with van der Waals surface area (Å²) in [7, 11) is 2.24. The third kappa shape index (κ3) is 5.03. The van der Waals surface area contributed by atoms with Gasteiger partial charge in [0.05, 0.1) is 0 Å². The fraction of sp³-hybridized carbons (Fsp3) is 0.684. The Kier molecular flexibility index (Phi) is 5.32. The second kappa shape index (κ2) is 6.83. The summed E-state index contributed by atoms with van der Waals surface area (Å²) in [5.74, 6) is 0.900. The van der Waals surface area contributed by atoms with Crippen molar-refractivity contribution in [1.82, 2.24) is 5.32 Å². The molecule has 1 aliphatic rings. The van der Waals surface area contributed by atoms with E-state index >= 15 is 0 Å². The summed E-state index contributed by atoms with van der Waals surface area (Å²) in [5, 5.41) is 3.57. The number of nitrogens with zero attached hydrogens (tertiary/aromatic N) is 1. The van der Waals surface area contributed by atoms with Crippen molar-refractivity contribution >= 4 is 5.69 Å². The van der Waals surface area contributed by atoms with E-state index in [1.54, 1.807) is 0 Å². The highest BCUT2D eigenvalue weighted by Crippen LogP contribution is 2.27. The minimum absolute atomic E-state index is 0.171. The molecule has 0 atom stereocenters. The first kappa shape index (κ1) is 16.4. The molecule has 1 fully saturated rings. The number of nitrogens with one attached hydrogen (secondary N) is 1. The Morgan fingerprint density at radius 3 is 2.43 bits per heavy atom. The van der Waals surface area contributed by atoms with Crippen LogP contribution < -0.4 is 10.2 Å². The summed E-state index contributed by atoms with van der Waals surface area (Å²) in [6.45, 7) is 11.0. The van der Waals surface area contributed by atoms with Gasteiger partial charge in [-0.15, -0.1) is 0 Å². The number of anilines is 1. The Balaban J connectivity index is 1.97. The smallest absolute Gasteiger partial charge is 0.0366 e. The highest BCUT2D eigenvalue weighted by atomic mass is 15.1. The van der Waals surface area contributed by atoms with Crippen LogP contribution in [0.3, 0.4) is 0 Å². The van der Waals surface area contributed by atoms with Crippen LogP contribution in [0.1, 0.15) is 57.6 Å². The molecule has 0 radical (unpaired) electrons. The largest absolute Gasteiger partial charge is 0.374 e. The van der Waals surface area contributed by atoms with Crippen LogP contribution in [0.2, 0.25) is 0 Å². The Bertz CT molecular complexity index is 453. The van der Waals surface area contributed by atoms with Gasteiger partial charge in [-0.3, -0.25) is 0 Å². The molecule has 0 unspecified atom stereocenters. The monoisotopic (exact) mass is 288 g/mol.